The number of carbonyl (C=O) groups is 2. The van der Waals surface area contributed by atoms with Crippen molar-refractivity contribution in [2.75, 3.05) is 20.3 Å². The van der Waals surface area contributed by atoms with Crippen LogP contribution in [0.2, 0.25) is 0 Å². The van der Waals surface area contributed by atoms with Crippen molar-refractivity contribution in [3.8, 4) is 0 Å². The first-order valence-electron chi connectivity index (χ1n) is 22.3. The zero-order valence-electron chi connectivity index (χ0n) is 39.1. The average molecular weight is 932 g/mol. The van der Waals surface area contributed by atoms with Gasteiger partial charge < -0.3 is 42.6 Å². The Morgan fingerprint density at radius 1 is 0.606 bits per heavy atom. The van der Waals surface area contributed by atoms with Gasteiger partial charge in [0.15, 0.2) is 12.6 Å². The van der Waals surface area contributed by atoms with E-state index in [4.69, 9.17) is 42.6 Å². The van der Waals surface area contributed by atoms with Crippen LogP contribution in [-0.4, -0.2) is 95.9 Å². The lowest BCUT2D eigenvalue weighted by Gasteiger charge is -2.46. The van der Waals surface area contributed by atoms with E-state index in [2.05, 4.69) is 4.72 Å². The van der Waals surface area contributed by atoms with E-state index in [-0.39, 0.29) is 44.4 Å². The topological polar surface area (TPSA) is 163 Å². The van der Waals surface area contributed by atoms with Crippen LogP contribution < -0.4 is 4.72 Å². The molecular formula is C51H65NO13S. The summed E-state index contributed by atoms with van der Waals surface area (Å²) >= 11 is 0. The van der Waals surface area contributed by atoms with Crippen LogP contribution in [0.3, 0.4) is 0 Å². The third-order valence-corrected chi connectivity index (χ3v) is 12.7. The molecule has 0 amide bonds. The summed E-state index contributed by atoms with van der Waals surface area (Å²) in [4.78, 5) is 26.7. The minimum absolute atomic E-state index is 0.0128. The average Bonchev–Trinajstić information content (AvgIpc) is 3.29. The number of methoxy groups -OCH3 is 1. The molecule has 15 heteroatoms. The highest BCUT2D eigenvalue weighted by atomic mass is 32.2. The molecule has 2 heterocycles. The van der Waals surface area contributed by atoms with E-state index in [1.54, 1.807) is 53.7 Å². The van der Waals surface area contributed by atoms with Crippen molar-refractivity contribution < 1.29 is 60.6 Å². The third kappa shape index (κ3) is 14.2. The standard InChI is InChI=1S/C51H65NO13S/c1-34-24-26-38(27-25-34)66(55,56)52-39-28-42(63-40(33-62-48(53)50(2,3)4)43(39)65-49(54)51(5,6)7)58-32-41-44(59-29-35-18-12-9-13-19-35)45(60-30-36-20-14-10-15-21-36)46(47(57-8)64-41)61-31-37-22-16-11-17-23-37/h9-27,39-47,52H,28-33H2,1-8H3/t39-,40+,41+,42-,43-,44+,45-,46+,47-/m0/s1. The van der Waals surface area contributed by atoms with E-state index in [1.165, 1.54) is 19.2 Å². The molecule has 0 bridgehead atoms. The summed E-state index contributed by atoms with van der Waals surface area (Å²) in [6, 6.07) is 34.5. The molecule has 358 valence electrons. The van der Waals surface area contributed by atoms with E-state index in [0.717, 1.165) is 22.3 Å². The highest BCUT2D eigenvalue weighted by Gasteiger charge is 2.50. The maximum Gasteiger partial charge on any atom is 0.311 e. The largest absolute Gasteiger partial charge is 0.462 e. The molecule has 2 saturated heterocycles. The monoisotopic (exact) mass is 931 g/mol. The maximum atomic E-state index is 14.0. The fourth-order valence-corrected chi connectivity index (χ4v) is 8.63. The fraction of sp³-hybridized carbons (Fsp3) is 0.490. The first-order valence-corrected chi connectivity index (χ1v) is 23.8. The second-order valence-corrected chi connectivity index (χ2v) is 20.5. The van der Waals surface area contributed by atoms with Crippen molar-refractivity contribution in [2.45, 2.75) is 135 Å². The number of nitrogens with one attached hydrogen (secondary N) is 1. The highest BCUT2D eigenvalue weighted by Crippen LogP contribution is 2.34. The molecule has 0 radical (unpaired) electrons. The summed E-state index contributed by atoms with van der Waals surface area (Å²) in [5.74, 6) is -1.13. The molecule has 0 saturated carbocycles. The molecule has 2 aliphatic heterocycles. The van der Waals surface area contributed by atoms with Crippen LogP contribution in [0.1, 0.15) is 70.2 Å². The lowest BCUT2D eigenvalue weighted by Crippen LogP contribution is -2.62. The van der Waals surface area contributed by atoms with Gasteiger partial charge in [-0.3, -0.25) is 9.59 Å². The van der Waals surface area contributed by atoms with Crippen molar-refractivity contribution >= 4 is 22.0 Å². The van der Waals surface area contributed by atoms with Crippen LogP contribution in [0.5, 0.6) is 0 Å². The lowest BCUT2D eigenvalue weighted by molar-refractivity contribution is -0.331. The Bertz CT molecular complexity index is 2230. The molecule has 14 nitrogen and oxygen atoms in total. The Labute approximate surface area is 389 Å². The molecule has 0 aromatic heterocycles. The quantitative estimate of drug-likeness (QED) is 0.0924. The number of esters is 2. The normalized spacial score (nSPS) is 24.9. The number of benzene rings is 4. The molecule has 0 spiro atoms. The molecular weight excluding hydrogens is 867 g/mol. The van der Waals surface area contributed by atoms with Gasteiger partial charge in [0.2, 0.25) is 10.0 Å². The molecule has 0 aliphatic carbocycles. The van der Waals surface area contributed by atoms with Gasteiger partial charge in [-0.2, -0.15) is 0 Å². The number of carbonyl (C=O) groups excluding carboxylic acids is 2. The van der Waals surface area contributed by atoms with Crippen LogP contribution >= 0.6 is 0 Å². The summed E-state index contributed by atoms with van der Waals surface area (Å²) in [6.07, 6.45) is -7.73. The van der Waals surface area contributed by atoms with Crippen LogP contribution in [0.15, 0.2) is 120 Å². The summed E-state index contributed by atoms with van der Waals surface area (Å²) in [5, 5.41) is 0. The Balaban J connectivity index is 1.32. The number of ether oxygens (including phenoxy) is 9. The number of hydrogen-bond donors (Lipinski definition) is 1. The van der Waals surface area contributed by atoms with Gasteiger partial charge in [-0.1, -0.05) is 109 Å². The predicted octanol–water partition coefficient (Wildman–Crippen LogP) is 7.45. The Hall–Kier alpha value is -4.55. The van der Waals surface area contributed by atoms with Gasteiger partial charge in [0.25, 0.3) is 0 Å². The summed E-state index contributed by atoms with van der Waals surface area (Å²) in [6.45, 7) is 12.2. The van der Waals surface area contributed by atoms with Crippen molar-refractivity contribution in [1.29, 1.82) is 0 Å². The predicted molar refractivity (Wildman–Crippen MR) is 245 cm³/mol. The van der Waals surface area contributed by atoms with Crippen LogP contribution in [0.25, 0.3) is 0 Å². The smallest absolute Gasteiger partial charge is 0.311 e. The van der Waals surface area contributed by atoms with Crippen molar-refractivity contribution in [2.24, 2.45) is 10.8 Å². The van der Waals surface area contributed by atoms with Crippen LogP contribution in [0.4, 0.5) is 0 Å². The van der Waals surface area contributed by atoms with Gasteiger partial charge in [0.05, 0.1) is 48.2 Å². The second-order valence-electron chi connectivity index (χ2n) is 18.7. The number of sulfonamides is 1. The van der Waals surface area contributed by atoms with Crippen molar-refractivity contribution in [3.05, 3.63) is 138 Å². The fourth-order valence-electron chi connectivity index (χ4n) is 7.37. The molecule has 66 heavy (non-hydrogen) atoms. The second kappa shape index (κ2) is 23.0. The molecule has 4 aromatic rings. The zero-order valence-corrected chi connectivity index (χ0v) is 39.9. The molecule has 2 aliphatic rings. The Morgan fingerprint density at radius 2 is 1.09 bits per heavy atom. The van der Waals surface area contributed by atoms with Crippen LogP contribution in [0, 0.1) is 17.8 Å². The molecule has 4 aromatic carbocycles. The van der Waals surface area contributed by atoms with E-state index >= 15 is 0 Å². The van der Waals surface area contributed by atoms with Crippen molar-refractivity contribution in [1.82, 2.24) is 4.72 Å². The zero-order chi connectivity index (χ0) is 47.5. The van der Waals surface area contributed by atoms with Gasteiger partial charge >= 0.3 is 11.9 Å². The van der Waals surface area contributed by atoms with Gasteiger partial charge in [0, 0.05) is 13.5 Å². The summed E-state index contributed by atoms with van der Waals surface area (Å²) in [5.41, 5.74) is 1.83. The third-order valence-electron chi connectivity index (χ3n) is 11.1. The summed E-state index contributed by atoms with van der Waals surface area (Å²) in [7, 11) is -2.66. The number of hydrogen-bond acceptors (Lipinski definition) is 13. The minimum atomic E-state index is -4.19. The molecule has 2 fully saturated rings. The van der Waals surface area contributed by atoms with E-state index in [0.29, 0.717) is 0 Å². The summed E-state index contributed by atoms with van der Waals surface area (Å²) < 4.78 is 88.4. The maximum absolute atomic E-state index is 14.0. The SMILES string of the molecule is CO[C@H]1O[C@H](CO[C@@H]2C[C@H](NS(=O)(=O)c3ccc(C)cc3)[C@H](OC(=O)C(C)(C)C)[C@@H](COC(=O)C(C)(C)C)O2)[C@@H](OCc2ccccc2)[C@H](OCc2ccccc2)[C@H]1OCc1ccccc1. The van der Waals surface area contributed by atoms with Crippen LogP contribution in [-0.2, 0) is 82.1 Å². The van der Waals surface area contributed by atoms with Gasteiger partial charge in [-0.25, -0.2) is 13.1 Å². The Kier molecular flexibility index (Phi) is 17.7. The van der Waals surface area contributed by atoms with Gasteiger partial charge in [-0.15, -0.1) is 0 Å². The first-order chi connectivity index (χ1) is 31.4. The number of rotatable bonds is 19. The van der Waals surface area contributed by atoms with E-state index in [9.17, 15) is 18.0 Å². The van der Waals surface area contributed by atoms with Crippen molar-refractivity contribution in [3.63, 3.8) is 0 Å². The lowest BCUT2D eigenvalue weighted by atomic mass is 9.95. The van der Waals surface area contributed by atoms with E-state index in [1.807, 2.05) is 97.9 Å². The molecule has 6 rings (SSSR count). The van der Waals surface area contributed by atoms with E-state index < -0.39 is 88.0 Å². The highest BCUT2D eigenvalue weighted by molar-refractivity contribution is 7.89. The Morgan fingerprint density at radius 3 is 1.59 bits per heavy atom. The first kappa shape index (κ1) is 50.9. The molecule has 1 N–H and O–H groups in total. The minimum Gasteiger partial charge on any atom is -0.462 e. The number of aryl methyl sites for hydroxylation is 1. The molecule has 9 atom stereocenters. The van der Waals surface area contributed by atoms with Gasteiger partial charge in [0.1, 0.15) is 43.2 Å². The molecule has 0 unspecified atom stereocenters. The van der Waals surface area contributed by atoms with Gasteiger partial charge in [-0.05, 0) is 77.3 Å².